The molecule has 2 N–H and O–H groups in total. The van der Waals surface area contributed by atoms with Crippen LogP contribution >= 0.6 is 0 Å². The second-order valence-corrected chi connectivity index (χ2v) is 9.77. The van der Waals surface area contributed by atoms with E-state index >= 15 is 0 Å². The number of benzene rings is 2. The van der Waals surface area contributed by atoms with Gasteiger partial charge in [0.2, 0.25) is 11.8 Å². The van der Waals surface area contributed by atoms with Crippen LogP contribution in [0.5, 0.6) is 0 Å². The summed E-state index contributed by atoms with van der Waals surface area (Å²) < 4.78 is 70.1. The van der Waals surface area contributed by atoms with E-state index in [4.69, 9.17) is 0 Å². The molecule has 0 unspecified atom stereocenters. The summed E-state index contributed by atoms with van der Waals surface area (Å²) in [4.78, 5) is 21.7. The van der Waals surface area contributed by atoms with E-state index in [0.717, 1.165) is 24.3 Å². The van der Waals surface area contributed by atoms with Gasteiger partial charge in [-0.1, -0.05) is 38.1 Å². The average Bonchev–Trinajstić information content (AvgIpc) is 2.65. The second kappa shape index (κ2) is 13.3. The van der Waals surface area contributed by atoms with E-state index in [2.05, 4.69) is 10.6 Å². The number of anilines is 2. The van der Waals surface area contributed by atoms with E-state index in [1.807, 2.05) is 0 Å². The largest absolute Gasteiger partial charge is 1.00 e. The topological polar surface area (TPSA) is 173 Å². The zero-order valence-corrected chi connectivity index (χ0v) is 24.9. The molecule has 0 saturated carbocycles. The molecule has 0 atom stereocenters. The monoisotopic (exact) mass is 526 g/mol. The van der Waals surface area contributed by atoms with Gasteiger partial charge >= 0.3 is 59.1 Å². The minimum absolute atomic E-state index is 0. The first-order chi connectivity index (χ1) is 14.7. The Morgan fingerprint density at radius 1 is 0.794 bits per heavy atom. The van der Waals surface area contributed by atoms with Gasteiger partial charge in [-0.2, -0.15) is 0 Å². The third-order valence-corrected chi connectivity index (χ3v) is 5.90. The molecule has 34 heavy (non-hydrogen) atoms. The minimum Gasteiger partial charge on any atom is -0.744 e. The SMILES string of the molecule is CC(=O)Nc1ccc(/C=C/c2ccc(NC(=O)C(C)C)cc2S(=O)(=O)[O-])c(S(=O)(=O)[O-])c1.[Na+].[Na+]. The van der Waals surface area contributed by atoms with Crippen LogP contribution in [0, 0.1) is 5.92 Å². The van der Waals surface area contributed by atoms with Crippen LogP contribution in [0.2, 0.25) is 0 Å². The first-order valence-electron chi connectivity index (χ1n) is 9.15. The molecule has 14 heteroatoms. The van der Waals surface area contributed by atoms with Crippen molar-refractivity contribution < 1.29 is 94.6 Å². The van der Waals surface area contributed by atoms with Crippen molar-refractivity contribution in [2.75, 3.05) is 10.6 Å². The molecule has 0 bridgehead atoms. The average molecular weight is 527 g/mol. The van der Waals surface area contributed by atoms with Gasteiger partial charge in [0, 0.05) is 24.2 Å². The molecule has 0 aromatic heterocycles. The van der Waals surface area contributed by atoms with Crippen LogP contribution in [0.3, 0.4) is 0 Å². The maximum absolute atomic E-state index is 11.8. The van der Waals surface area contributed by atoms with Gasteiger partial charge in [0.05, 0.1) is 9.79 Å². The third-order valence-electron chi connectivity index (χ3n) is 4.12. The van der Waals surface area contributed by atoms with Crippen molar-refractivity contribution >= 4 is 55.6 Å². The van der Waals surface area contributed by atoms with Crippen molar-refractivity contribution in [3.8, 4) is 0 Å². The Bertz CT molecular complexity index is 1310. The zero-order valence-electron chi connectivity index (χ0n) is 19.3. The third kappa shape index (κ3) is 9.53. The summed E-state index contributed by atoms with van der Waals surface area (Å²) in [7, 11) is -9.90. The molecular formula is C20H20N2Na2O8S2. The summed E-state index contributed by atoms with van der Waals surface area (Å²) in [6.07, 6.45) is 2.31. The molecule has 0 aliphatic rings. The van der Waals surface area contributed by atoms with Gasteiger partial charge < -0.3 is 19.7 Å². The molecule has 0 fully saturated rings. The number of carbonyl (C=O) groups excluding carboxylic acids is 2. The molecule has 0 saturated heterocycles. The molecular weight excluding hydrogens is 506 g/mol. The Labute approximate surface area is 242 Å². The van der Waals surface area contributed by atoms with Crippen LogP contribution in [0.15, 0.2) is 46.2 Å². The Balaban J connectivity index is 0.00000544. The van der Waals surface area contributed by atoms with Gasteiger partial charge in [-0.3, -0.25) is 9.59 Å². The molecule has 172 valence electrons. The predicted molar refractivity (Wildman–Crippen MR) is 116 cm³/mol. The predicted octanol–water partition coefficient (Wildman–Crippen LogP) is -3.77. The van der Waals surface area contributed by atoms with Gasteiger partial charge in [0.25, 0.3) is 0 Å². The fourth-order valence-corrected chi connectivity index (χ4v) is 3.99. The van der Waals surface area contributed by atoms with Crippen LogP contribution in [0.25, 0.3) is 12.2 Å². The molecule has 0 aliphatic heterocycles. The van der Waals surface area contributed by atoms with Crippen LogP contribution in [0.1, 0.15) is 31.9 Å². The molecule has 0 heterocycles. The van der Waals surface area contributed by atoms with Gasteiger partial charge in [-0.25, -0.2) is 16.8 Å². The molecule has 2 aromatic carbocycles. The summed E-state index contributed by atoms with van der Waals surface area (Å²) in [5.41, 5.74) is 0.0122. The van der Waals surface area contributed by atoms with Crippen LogP contribution in [-0.2, 0) is 29.8 Å². The summed E-state index contributed by atoms with van der Waals surface area (Å²) in [6.45, 7) is 4.48. The van der Waals surface area contributed by atoms with E-state index in [1.165, 1.54) is 31.2 Å². The number of amides is 2. The summed E-state index contributed by atoms with van der Waals surface area (Å²) in [5, 5.41) is 4.84. The van der Waals surface area contributed by atoms with Crippen molar-refractivity contribution in [1.29, 1.82) is 0 Å². The molecule has 2 aromatic rings. The van der Waals surface area contributed by atoms with E-state index < -0.39 is 35.9 Å². The van der Waals surface area contributed by atoms with Crippen LogP contribution in [0.4, 0.5) is 11.4 Å². The summed E-state index contributed by atoms with van der Waals surface area (Å²) >= 11 is 0. The standard InChI is InChI=1S/C20H22N2O8S2.2Na/c1-12(2)20(24)22-17-9-7-15(19(11-17)32(28,29)30)5-4-14-6-8-16(21-13(3)23)10-18(14)31(25,26)27;;/h4-12H,1-3H3,(H,21,23)(H,22,24)(H,25,26,27)(H,28,29,30);;/q;2*+1/p-2/b5-4+;;. The number of hydrogen-bond acceptors (Lipinski definition) is 8. The van der Waals surface area contributed by atoms with Crippen molar-refractivity contribution in [2.45, 2.75) is 30.6 Å². The summed E-state index contributed by atoms with van der Waals surface area (Å²) in [5.74, 6) is -1.24. The Kier molecular flexibility index (Phi) is 12.9. The summed E-state index contributed by atoms with van der Waals surface area (Å²) in [6, 6.07) is 7.20. The van der Waals surface area contributed by atoms with Crippen molar-refractivity contribution in [3.63, 3.8) is 0 Å². The van der Waals surface area contributed by atoms with E-state index in [1.54, 1.807) is 13.8 Å². The van der Waals surface area contributed by atoms with Gasteiger partial charge in [0.15, 0.2) is 0 Å². The van der Waals surface area contributed by atoms with Gasteiger partial charge in [0.1, 0.15) is 20.2 Å². The minimum atomic E-state index is -4.96. The second-order valence-electron chi connectivity index (χ2n) is 7.07. The maximum Gasteiger partial charge on any atom is 1.00 e. The number of carbonyl (C=O) groups is 2. The Morgan fingerprint density at radius 3 is 1.50 bits per heavy atom. The fraction of sp³-hybridized carbons (Fsp3) is 0.200. The number of nitrogens with one attached hydrogen (secondary N) is 2. The molecule has 0 radical (unpaired) electrons. The molecule has 10 nitrogen and oxygen atoms in total. The zero-order chi connectivity index (χ0) is 24.3. The normalized spacial score (nSPS) is 11.5. The molecule has 0 spiro atoms. The number of rotatable bonds is 7. The Hall–Kier alpha value is -1.06. The van der Waals surface area contributed by atoms with Crippen molar-refractivity contribution in [3.05, 3.63) is 47.5 Å². The van der Waals surface area contributed by atoms with Crippen LogP contribution < -0.4 is 69.7 Å². The smallest absolute Gasteiger partial charge is 0.744 e. The van der Waals surface area contributed by atoms with Crippen LogP contribution in [-0.4, -0.2) is 37.8 Å². The first-order valence-corrected chi connectivity index (χ1v) is 12.0. The van der Waals surface area contributed by atoms with E-state index in [-0.39, 0.29) is 93.4 Å². The fourth-order valence-electron chi connectivity index (χ4n) is 2.60. The van der Waals surface area contributed by atoms with Gasteiger partial charge in [-0.15, -0.1) is 0 Å². The first kappa shape index (κ1) is 32.9. The van der Waals surface area contributed by atoms with Crippen molar-refractivity contribution in [1.82, 2.24) is 0 Å². The molecule has 0 aliphatic carbocycles. The molecule has 2 rings (SSSR count). The quantitative estimate of drug-likeness (QED) is 0.210. The van der Waals surface area contributed by atoms with Crippen molar-refractivity contribution in [2.24, 2.45) is 5.92 Å². The molecule has 2 amide bonds. The Morgan fingerprint density at radius 2 is 1.18 bits per heavy atom. The maximum atomic E-state index is 11.8. The van der Waals surface area contributed by atoms with E-state index in [9.17, 15) is 35.5 Å². The van der Waals surface area contributed by atoms with E-state index in [0.29, 0.717) is 0 Å². The number of hydrogen-bond donors (Lipinski definition) is 2. The van der Waals surface area contributed by atoms with Gasteiger partial charge in [-0.05, 0) is 35.4 Å².